The van der Waals surface area contributed by atoms with Gasteiger partial charge < -0.3 is 4.90 Å². The quantitative estimate of drug-likeness (QED) is 0.826. The van der Waals surface area contributed by atoms with Crippen LogP contribution < -0.4 is 0 Å². The second-order valence-corrected chi connectivity index (χ2v) is 7.00. The molecule has 140 valence electrons. The molecule has 0 spiro atoms. The molecular weight excluding hydrogens is 324 g/mol. The molecule has 1 aromatic rings. The van der Waals surface area contributed by atoms with Crippen LogP contribution in [0.5, 0.6) is 0 Å². The van der Waals surface area contributed by atoms with Crippen LogP contribution in [0.4, 0.5) is 0 Å². The summed E-state index contributed by atoms with van der Waals surface area (Å²) in [6, 6.07) is 10.7. The standard InChI is InChI=1S/C20H30N6/c1-24-11-5-15-25(13-3-9-21)17-19-7-2-8-20(23-19)18-26(14-4-10-22)16-6-12-24/h2,7-8H,3-6,11-18H2,1H3. The van der Waals surface area contributed by atoms with E-state index in [-0.39, 0.29) is 0 Å². The fourth-order valence-electron chi connectivity index (χ4n) is 3.36. The molecular formula is C20H30N6. The molecule has 0 amide bonds. The topological polar surface area (TPSA) is 70.2 Å². The van der Waals surface area contributed by atoms with E-state index in [9.17, 15) is 0 Å². The molecule has 26 heavy (non-hydrogen) atoms. The van der Waals surface area contributed by atoms with Gasteiger partial charge in [0.15, 0.2) is 0 Å². The molecule has 0 aliphatic carbocycles. The van der Waals surface area contributed by atoms with Crippen LogP contribution in [0.2, 0.25) is 0 Å². The number of nitrogens with zero attached hydrogens (tertiary/aromatic N) is 6. The molecule has 0 saturated carbocycles. The summed E-state index contributed by atoms with van der Waals surface area (Å²) in [4.78, 5) is 11.9. The van der Waals surface area contributed by atoms with Crippen LogP contribution in [-0.2, 0) is 13.1 Å². The lowest BCUT2D eigenvalue weighted by Gasteiger charge is -2.26. The van der Waals surface area contributed by atoms with Crippen molar-refractivity contribution in [3.05, 3.63) is 29.6 Å². The van der Waals surface area contributed by atoms with E-state index in [0.29, 0.717) is 12.8 Å². The Balaban J connectivity index is 2.12. The highest BCUT2D eigenvalue weighted by atomic mass is 15.2. The Morgan fingerprint density at radius 2 is 1.38 bits per heavy atom. The Hall–Kier alpha value is -1.99. The average Bonchev–Trinajstić information content (AvgIpc) is 2.63. The molecule has 2 heterocycles. The second kappa shape index (κ2) is 11.6. The molecule has 6 nitrogen and oxygen atoms in total. The maximum absolute atomic E-state index is 8.93. The first-order chi connectivity index (χ1) is 12.7. The van der Waals surface area contributed by atoms with Crippen molar-refractivity contribution in [1.82, 2.24) is 19.7 Å². The van der Waals surface area contributed by atoms with E-state index in [1.165, 1.54) is 0 Å². The van der Waals surface area contributed by atoms with Gasteiger partial charge in [-0.3, -0.25) is 14.8 Å². The number of hydrogen-bond donors (Lipinski definition) is 0. The Labute approximate surface area is 157 Å². The third kappa shape index (κ3) is 7.49. The summed E-state index contributed by atoms with van der Waals surface area (Å²) in [7, 11) is 2.18. The van der Waals surface area contributed by atoms with E-state index in [0.717, 1.165) is 76.6 Å². The Morgan fingerprint density at radius 3 is 1.85 bits per heavy atom. The number of rotatable bonds is 4. The summed E-state index contributed by atoms with van der Waals surface area (Å²) in [6.45, 7) is 7.28. The van der Waals surface area contributed by atoms with Gasteiger partial charge in [0.25, 0.3) is 0 Å². The minimum Gasteiger partial charge on any atom is -0.306 e. The highest BCUT2D eigenvalue weighted by molar-refractivity contribution is 5.11. The van der Waals surface area contributed by atoms with E-state index < -0.39 is 0 Å². The summed E-state index contributed by atoms with van der Waals surface area (Å²) < 4.78 is 0. The zero-order chi connectivity index (χ0) is 18.6. The second-order valence-electron chi connectivity index (χ2n) is 7.00. The summed E-state index contributed by atoms with van der Waals surface area (Å²) in [6.07, 6.45) is 3.30. The molecule has 1 aromatic heterocycles. The van der Waals surface area contributed by atoms with Crippen LogP contribution in [0.3, 0.4) is 0 Å². The maximum atomic E-state index is 8.93. The Kier molecular flexibility index (Phi) is 9.06. The van der Waals surface area contributed by atoms with Crippen LogP contribution in [-0.4, -0.2) is 66.0 Å². The van der Waals surface area contributed by atoms with Gasteiger partial charge in [0, 0.05) is 39.0 Å². The van der Waals surface area contributed by atoms with Gasteiger partial charge in [-0.15, -0.1) is 0 Å². The van der Waals surface area contributed by atoms with Crippen molar-refractivity contribution in [3.63, 3.8) is 0 Å². The van der Waals surface area contributed by atoms with Gasteiger partial charge in [-0.2, -0.15) is 10.5 Å². The van der Waals surface area contributed by atoms with Crippen molar-refractivity contribution in [2.24, 2.45) is 0 Å². The van der Waals surface area contributed by atoms with E-state index in [4.69, 9.17) is 15.5 Å². The van der Waals surface area contributed by atoms with Gasteiger partial charge in [0.2, 0.25) is 0 Å². The van der Waals surface area contributed by atoms with Crippen molar-refractivity contribution < 1.29 is 0 Å². The summed E-state index contributed by atoms with van der Waals surface area (Å²) in [5.74, 6) is 0. The largest absolute Gasteiger partial charge is 0.306 e. The fraction of sp³-hybridized carbons (Fsp3) is 0.650. The van der Waals surface area contributed by atoms with E-state index >= 15 is 0 Å². The third-order valence-corrected chi connectivity index (χ3v) is 4.74. The summed E-state index contributed by atoms with van der Waals surface area (Å²) >= 11 is 0. The average molecular weight is 355 g/mol. The molecule has 6 heteroatoms. The summed E-state index contributed by atoms with van der Waals surface area (Å²) in [5, 5.41) is 17.9. The Bertz CT molecular complexity index is 568. The number of nitriles is 2. The molecule has 2 rings (SSSR count). The monoisotopic (exact) mass is 354 g/mol. The number of pyridine rings is 1. The van der Waals surface area contributed by atoms with Gasteiger partial charge >= 0.3 is 0 Å². The Morgan fingerprint density at radius 1 is 0.885 bits per heavy atom. The van der Waals surface area contributed by atoms with Gasteiger partial charge in [-0.05, 0) is 58.2 Å². The highest BCUT2D eigenvalue weighted by Crippen LogP contribution is 2.10. The predicted octanol–water partition coefficient (Wildman–Crippen LogP) is 2.24. The molecule has 0 fully saturated rings. The molecule has 2 bridgehead atoms. The molecule has 0 aromatic carbocycles. The molecule has 0 unspecified atom stereocenters. The highest BCUT2D eigenvalue weighted by Gasteiger charge is 2.12. The number of aromatic nitrogens is 1. The van der Waals surface area contributed by atoms with Crippen molar-refractivity contribution >= 4 is 0 Å². The molecule has 0 radical (unpaired) electrons. The van der Waals surface area contributed by atoms with Gasteiger partial charge in [0.1, 0.15) is 0 Å². The van der Waals surface area contributed by atoms with Gasteiger partial charge in [-0.25, -0.2) is 0 Å². The lowest BCUT2D eigenvalue weighted by atomic mass is 10.2. The minimum atomic E-state index is 0.553. The fourth-order valence-corrected chi connectivity index (χ4v) is 3.36. The molecule has 1 aliphatic rings. The lowest BCUT2D eigenvalue weighted by Crippen LogP contribution is -2.32. The van der Waals surface area contributed by atoms with Crippen LogP contribution >= 0.6 is 0 Å². The van der Waals surface area contributed by atoms with Crippen LogP contribution in [0.25, 0.3) is 0 Å². The summed E-state index contributed by atoms with van der Waals surface area (Å²) in [5.41, 5.74) is 2.12. The normalized spacial score (nSPS) is 18.6. The SMILES string of the molecule is CN1CCCN(CCC#N)Cc2cccc(n2)CN(CCC#N)CCC1. The van der Waals surface area contributed by atoms with Crippen LogP contribution in [0.1, 0.15) is 37.1 Å². The lowest BCUT2D eigenvalue weighted by molar-refractivity contribution is 0.218. The zero-order valence-corrected chi connectivity index (χ0v) is 15.9. The molecule has 0 atom stereocenters. The first kappa shape index (κ1) is 20.3. The van der Waals surface area contributed by atoms with Crippen LogP contribution in [0.15, 0.2) is 18.2 Å². The van der Waals surface area contributed by atoms with Gasteiger partial charge in [-0.1, -0.05) is 6.07 Å². The van der Waals surface area contributed by atoms with E-state index in [1.807, 2.05) is 0 Å². The van der Waals surface area contributed by atoms with Crippen LogP contribution in [0, 0.1) is 22.7 Å². The number of fused-ring (bicyclic) bond motifs is 2. The van der Waals surface area contributed by atoms with Gasteiger partial charge in [0.05, 0.1) is 23.5 Å². The smallest absolute Gasteiger partial charge is 0.0635 e. The molecule has 1 aliphatic heterocycles. The first-order valence-corrected chi connectivity index (χ1v) is 9.53. The van der Waals surface area contributed by atoms with Crippen molar-refractivity contribution in [2.45, 2.75) is 38.8 Å². The molecule has 0 saturated heterocycles. The number of hydrogen-bond acceptors (Lipinski definition) is 6. The van der Waals surface area contributed by atoms with Crippen molar-refractivity contribution in [2.75, 3.05) is 46.3 Å². The van der Waals surface area contributed by atoms with E-state index in [1.54, 1.807) is 0 Å². The van der Waals surface area contributed by atoms with Crippen molar-refractivity contribution in [3.8, 4) is 12.1 Å². The first-order valence-electron chi connectivity index (χ1n) is 9.53. The van der Waals surface area contributed by atoms with E-state index in [2.05, 4.69) is 52.1 Å². The molecule has 0 N–H and O–H groups in total. The zero-order valence-electron chi connectivity index (χ0n) is 15.9. The third-order valence-electron chi connectivity index (χ3n) is 4.74. The maximum Gasteiger partial charge on any atom is 0.0635 e. The predicted molar refractivity (Wildman–Crippen MR) is 102 cm³/mol. The minimum absolute atomic E-state index is 0.553. The van der Waals surface area contributed by atoms with Crippen molar-refractivity contribution in [1.29, 1.82) is 10.5 Å².